The molecule has 0 aliphatic carbocycles. The number of anilines is 3. The normalized spacial score (nSPS) is 9.43. The molecule has 298 valence electrons. The van der Waals surface area contributed by atoms with E-state index in [1.165, 1.54) is 72.8 Å². The molecule has 0 atom stereocenters. The fraction of sp³-hybridized carbons (Fsp3) is 0.182. The second kappa shape index (κ2) is 25.4. The Kier molecular flexibility index (Phi) is 23.3. The predicted molar refractivity (Wildman–Crippen MR) is 167 cm³/mol. The van der Waals surface area contributed by atoms with Crippen LogP contribution in [0.1, 0.15) is 31.1 Å². The largest absolute Gasteiger partial charge is 3.00 e. The molecule has 3 aromatic carbocycles. The van der Waals surface area contributed by atoms with Crippen molar-refractivity contribution in [3.8, 4) is 0 Å². The van der Waals surface area contributed by atoms with Crippen molar-refractivity contribution in [3.05, 3.63) is 89.5 Å². The van der Waals surface area contributed by atoms with Gasteiger partial charge in [0.2, 0.25) is 0 Å². The van der Waals surface area contributed by atoms with Gasteiger partial charge in [0.05, 0.1) is 109 Å². The minimum absolute atomic E-state index is 0. The van der Waals surface area contributed by atoms with Gasteiger partial charge in [0.25, 0.3) is 0 Å². The summed E-state index contributed by atoms with van der Waals surface area (Å²) in [7, 11) is 0. The first-order chi connectivity index (χ1) is 25.2. The van der Waals surface area contributed by atoms with E-state index in [2.05, 4.69) is 0 Å². The van der Waals surface area contributed by atoms with E-state index in [9.17, 15) is 73.8 Å². The number of carboxylic acids is 9. The first kappa shape index (κ1) is 51.4. The molecule has 2 radical (unpaired) electrons. The minimum Gasteiger partial charge on any atom is -0.548 e. The summed E-state index contributed by atoms with van der Waals surface area (Å²) in [5.41, 5.74) is -0.629. The number of carboxylic acid groups (broad SMARTS) is 9. The van der Waals surface area contributed by atoms with E-state index in [0.29, 0.717) is 0 Å². The third-order valence-electron chi connectivity index (χ3n) is 6.35. The van der Waals surface area contributed by atoms with Gasteiger partial charge in [-0.25, -0.2) is 14.4 Å². The second-order valence-electron chi connectivity index (χ2n) is 10.3. The van der Waals surface area contributed by atoms with Crippen molar-refractivity contribution in [1.29, 1.82) is 0 Å². The van der Waals surface area contributed by atoms with Crippen LogP contribution >= 0.6 is 0 Å². The fourth-order valence-electron chi connectivity index (χ4n) is 4.40. The van der Waals surface area contributed by atoms with Crippen molar-refractivity contribution in [2.24, 2.45) is 0 Å². The van der Waals surface area contributed by atoms with Crippen LogP contribution in [0.15, 0.2) is 72.8 Å². The molecule has 23 heteroatoms. The summed E-state index contributed by atoms with van der Waals surface area (Å²) >= 11 is 0. The second-order valence-corrected chi connectivity index (χ2v) is 10.3. The van der Waals surface area contributed by atoms with E-state index in [1.54, 1.807) is 0 Å². The Hall–Kier alpha value is -6.67. The molecule has 0 saturated carbocycles. The average molecular weight is 865 g/mol. The third kappa shape index (κ3) is 18.4. The van der Waals surface area contributed by atoms with Gasteiger partial charge in [-0.2, -0.15) is 0 Å². The van der Waals surface area contributed by atoms with Crippen LogP contribution in [-0.2, 0) is 62.9 Å². The molecule has 0 spiro atoms. The molecule has 3 N–H and O–H groups in total. The smallest absolute Gasteiger partial charge is 0.548 e. The van der Waals surface area contributed by atoms with E-state index >= 15 is 0 Å². The molecule has 3 rings (SSSR count). The molecule has 0 aliphatic heterocycles. The van der Waals surface area contributed by atoms with E-state index in [1.807, 2.05) is 0 Å². The van der Waals surface area contributed by atoms with E-state index in [-0.39, 0.29) is 67.9 Å². The van der Waals surface area contributed by atoms with Crippen molar-refractivity contribution in [2.45, 2.75) is 0 Å². The van der Waals surface area contributed by atoms with E-state index in [0.717, 1.165) is 14.7 Å². The number of para-hydroxylation sites is 3. The third-order valence-corrected chi connectivity index (χ3v) is 6.35. The standard InChI is InChI=1S/3C11H11NO6.2Fe/c3*13-9(14)5-12(6-10(15)16)8-4-2-1-3-7(8)11(17)18;;/h3*1-4H,5-6H2,(H,13,14)(H,15,16)(H,17,18);;/q;;;2*+3/p-6. The van der Waals surface area contributed by atoms with Gasteiger partial charge >= 0.3 is 52.0 Å². The van der Waals surface area contributed by atoms with Crippen LogP contribution in [0.25, 0.3) is 0 Å². The summed E-state index contributed by atoms with van der Waals surface area (Å²) in [6, 6.07) is 16.4. The van der Waals surface area contributed by atoms with Crippen LogP contribution < -0.4 is 45.3 Å². The number of nitrogens with zero attached hydrogens (tertiary/aromatic N) is 3. The number of rotatable bonds is 18. The fourth-order valence-corrected chi connectivity index (χ4v) is 4.40. The van der Waals surface area contributed by atoms with Gasteiger partial charge in [0.15, 0.2) is 0 Å². The van der Waals surface area contributed by atoms with Crippen LogP contribution in [0, 0.1) is 0 Å². The maximum absolute atomic E-state index is 10.9. The van der Waals surface area contributed by atoms with Crippen molar-refractivity contribution < 1.29 is 123 Å². The predicted octanol–water partition coefficient (Wildman–Crippen LogP) is -6.93. The Balaban J connectivity index is 0. The van der Waals surface area contributed by atoms with Crippen molar-refractivity contribution >= 4 is 70.8 Å². The van der Waals surface area contributed by atoms with Gasteiger partial charge in [0.1, 0.15) is 0 Å². The molecule has 0 unspecified atom stereocenters. The number of aliphatic carboxylic acids is 6. The summed E-state index contributed by atoms with van der Waals surface area (Å²) in [6.07, 6.45) is 0. The summed E-state index contributed by atoms with van der Waals surface area (Å²) in [5, 5.41) is 90.0. The number of hydrogen-bond donors (Lipinski definition) is 3. The zero-order valence-corrected chi connectivity index (χ0v) is 30.4. The molecule has 0 fully saturated rings. The maximum Gasteiger partial charge on any atom is 3.00 e. The molecule has 21 nitrogen and oxygen atoms in total. The molecule has 56 heavy (non-hydrogen) atoms. The molecular weight excluding hydrogens is 838 g/mol. The molecule has 0 aliphatic rings. The monoisotopic (exact) mass is 865 g/mol. The SMILES string of the molecule is O=C([O-])CN(CC(=O)[O-])c1ccccc1C(=O)O.O=C([O-])CN(CC(=O)[O-])c1ccccc1C(=O)O.O=C([O-])CN(CC(=O)[O-])c1ccccc1C(=O)O.[Fe+3].[Fe+3]. The van der Waals surface area contributed by atoms with E-state index < -0.39 is 93.0 Å². The van der Waals surface area contributed by atoms with Crippen molar-refractivity contribution in [1.82, 2.24) is 0 Å². The summed E-state index contributed by atoms with van der Waals surface area (Å²) < 4.78 is 0. The Morgan fingerprint density at radius 1 is 0.357 bits per heavy atom. The summed E-state index contributed by atoms with van der Waals surface area (Å²) in [4.78, 5) is 98.6. The number of carbonyl (C=O) groups is 9. The molecule has 0 bridgehead atoms. The van der Waals surface area contributed by atoms with Gasteiger partial charge in [0, 0.05) is 0 Å². The van der Waals surface area contributed by atoms with Crippen LogP contribution in [0.3, 0.4) is 0 Å². The summed E-state index contributed by atoms with van der Waals surface area (Å²) in [5.74, 6) is -13.0. The van der Waals surface area contributed by atoms with E-state index in [4.69, 9.17) is 15.3 Å². The van der Waals surface area contributed by atoms with Gasteiger partial charge in [-0.05, 0) is 36.4 Å². The number of hydrogen-bond acceptors (Lipinski definition) is 18. The Bertz CT molecular complexity index is 1630. The Morgan fingerprint density at radius 2 is 0.518 bits per heavy atom. The Morgan fingerprint density at radius 3 is 0.661 bits per heavy atom. The van der Waals surface area contributed by atoms with Gasteiger partial charge in [-0.1, -0.05) is 36.4 Å². The van der Waals surface area contributed by atoms with Gasteiger partial charge < -0.3 is 89.4 Å². The topological polar surface area (TPSA) is 362 Å². The number of aromatic carboxylic acids is 3. The maximum atomic E-state index is 10.9. The van der Waals surface area contributed by atoms with Gasteiger partial charge in [-0.3, -0.25) is 0 Å². The molecule has 0 amide bonds. The molecule has 0 heterocycles. The summed E-state index contributed by atoms with van der Waals surface area (Å²) in [6.45, 7) is -4.43. The Labute approximate surface area is 336 Å². The molecule has 0 aromatic heterocycles. The van der Waals surface area contributed by atoms with Crippen molar-refractivity contribution in [3.63, 3.8) is 0 Å². The van der Waals surface area contributed by atoms with Crippen LogP contribution in [0.5, 0.6) is 0 Å². The minimum atomic E-state index is -1.52. The average Bonchev–Trinajstić information content (AvgIpc) is 3.06. The van der Waals surface area contributed by atoms with Gasteiger partial charge in [-0.15, -0.1) is 0 Å². The zero-order valence-electron chi connectivity index (χ0n) is 28.2. The molecule has 0 saturated heterocycles. The molecular formula is C33H27Fe2N3O18. The number of carbonyl (C=O) groups excluding carboxylic acids is 6. The molecule has 3 aromatic rings. The quantitative estimate of drug-likeness (QED) is 0.100. The van der Waals surface area contributed by atoms with Crippen LogP contribution in [0.2, 0.25) is 0 Å². The van der Waals surface area contributed by atoms with Crippen molar-refractivity contribution in [2.75, 3.05) is 54.0 Å². The van der Waals surface area contributed by atoms with Crippen LogP contribution in [0.4, 0.5) is 17.1 Å². The first-order valence-corrected chi connectivity index (χ1v) is 14.7. The first-order valence-electron chi connectivity index (χ1n) is 14.7. The van der Waals surface area contributed by atoms with Crippen LogP contribution in [-0.4, -0.2) is 108 Å². The zero-order chi connectivity index (χ0) is 41.1. The number of benzene rings is 3.